The molecule has 228 valence electrons. The molecule has 0 saturated carbocycles. The van der Waals surface area contributed by atoms with Gasteiger partial charge in [0, 0.05) is 37.8 Å². The smallest absolute Gasteiger partial charge is 0.254 e. The number of anilines is 4. The van der Waals surface area contributed by atoms with Gasteiger partial charge in [0.2, 0.25) is 5.95 Å². The Morgan fingerprint density at radius 1 is 1.09 bits per heavy atom. The summed E-state index contributed by atoms with van der Waals surface area (Å²) in [6.07, 6.45) is 3.08. The van der Waals surface area contributed by atoms with E-state index >= 15 is 0 Å². The summed E-state index contributed by atoms with van der Waals surface area (Å²) in [6.45, 7) is 15.7. The van der Waals surface area contributed by atoms with Crippen molar-refractivity contribution in [1.82, 2.24) is 19.8 Å². The molecule has 10 nitrogen and oxygen atoms in total. The van der Waals surface area contributed by atoms with Gasteiger partial charge in [0.05, 0.1) is 33.8 Å². The molecule has 0 spiro atoms. The van der Waals surface area contributed by atoms with E-state index < -0.39 is 15.1 Å². The number of aromatic nitrogens is 2. The van der Waals surface area contributed by atoms with Crippen molar-refractivity contribution in [2.45, 2.75) is 69.4 Å². The Bertz CT molecular complexity index is 1610. The Balaban J connectivity index is 1.43. The molecular weight excluding hydrogens is 588 g/mol. The van der Waals surface area contributed by atoms with E-state index in [1.807, 2.05) is 24.8 Å². The van der Waals surface area contributed by atoms with Crippen LogP contribution in [0.3, 0.4) is 0 Å². The number of carbonyl (C=O) groups is 1. The molecule has 5 rings (SSSR count). The molecule has 1 amide bonds. The van der Waals surface area contributed by atoms with Gasteiger partial charge in [0.25, 0.3) is 5.91 Å². The summed E-state index contributed by atoms with van der Waals surface area (Å²) in [6, 6.07) is 10.5. The van der Waals surface area contributed by atoms with Crippen molar-refractivity contribution >= 4 is 50.5 Å². The molecule has 43 heavy (non-hydrogen) atoms. The maximum Gasteiger partial charge on any atom is 0.254 e. The van der Waals surface area contributed by atoms with E-state index in [0.717, 1.165) is 31.5 Å². The number of carbonyl (C=O) groups excluding carboxylic acids is 1. The third-order valence-corrected chi connectivity index (χ3v) is 10.2. The molecule has 2 aliphatic heterocycles. The van der Waals surface area contributed by atoms with Gasteiger partial charge < -0.3 is 25.2 Å². The molecule has 2 radical (unpaired) electrons. The average molecular weight is 625 g/mol. The summed E-state index contributed by atoms with van der Waals surface area (Å²) in [5, 5.41) is 5.87. The highest BCUT2D eigenvalue weighted by atomic mass is 35.5. The largest absolute Gasteiger partial charge is 0.489 e. The van der Waals surface area contributed by atoms with E-state index in [-0.39, 0.29) is 39.7 Å². The number of amides is 1. The Hall–Kier alpha value is -3.41. The Morgan fingerprint density at radius 2 is 1.81 bits per heavy atom. The lowest BCUT2D eigenvalue weighted by atomic mass is 10.0. The quantitative estimate of drug-likeness (QED) is 0.292. The normalized spacial score (nSPS) is 16.2. The zero-order valence-corrected chi connectivity index (χ0v) is 26.4. The van der Waals surface area contributed by atoms with Crippen LogP contribution in [0, 0.1) is 6.92 Å². The van der Waals surface area contributed by atoms with Crippen LogP contribution in [0.25, 0.3) is 0 Å². The van der Waals surface area contributed by atoms with E-state index in [0.29, 0.717) is 35.8 Å². The monoisotopic (exact) mass is 624 g/mol. The molecule has 1 saturated heterocycles. The SMILES string of the molecule is [CH]CN1CCC(N2Cc3cc(OC(C)C)c(Nc4ncc(Cl)c(Nc5ccccc5S(=O)(=O)C(C)C)n4)cc3C2=O)CC1. The fraction of sp³-hybridized carbons (Fsp3) is 0.419. The van der Waals surface area contributed by atoms with Gasteiger partial charge >= 0.3 is 0 Å². The van der Waals surface area contributed by atoms with E-state index in [1.165, 1.54) is 6.20 Å². The van der Waals surface area contributed by atoms with Gasteiger partial charge in [-0.3, -0.25) is 4.79 Å². The van der Waals surface area contributed by atoms with Crippen LogP contribution in [0.5, 0.6) is 5.75 Å². The number of piperidine rings is 1. The second kappa shape index (κ2) is 12.7. The Kier molecular flexibility index (Phi) is 9.15. The van der Waals surface area contributed by atoms with Gasteiger partial charge in [-0.2, -0.15) is 4.98 Å². The molecule has 2 aliphatic rings. The highest BCUT2D eigenvalue weighted by Gasteiger charge is 2.35. The lowest BCUT2D eigenvalue weighted by Crippen LogP contribution is -2.44. The van der Waals surface area contributed by atoms with Gasteiger partial charge in [-0.05, 0) is 77.3 Å². The minimum absolute atomic E-state index is 0.0114. The van der Waals surface area contributed by atoms with Crippen LogP contribution in [0.15, 0.2) is 47.5 Å². The second-order valence-electron chi connectivity index (χ2n) is 11.4. The van der Waals surface area contributed by atoms with Crippen LogP contribution in [0.2, 0.25) is 5.02 Å². The maximum atomic E-state index is 13.6. The van der Waals surface area contributed by atoms with Gasteiger partial charge in [0.1, 0.15) is 10.8 Å². The number of nitrogens with one attached hydrogen (secondary N) is 2. The summed E-state index contributed by atoms with van der Waals surface area (Å²) in [5.41, 5.74) is 2.42. The first-order chi connectivity index (χ1) is 20.5. The molecule has 0 unspecified atom stereocenters. The lowest BCUT2D eigenvalue weighted by molar-refractivity contribution is 0.0606. The summed E-state index contributed by atoms with van der Waals surface area (Å²) < 4.78 is 32.1. The number of hydrogen-bond donors (Lipinski definition) is 2. The minimum atomic E-state index is -3.57. The third-order valence-electron chi connectivity index (χ3n) is 7.71. The molecule has 0 atom stereocenters. The molecule has 3 aromatic rings. The number of benzene rings is 2. The van der Waals surface area contributed by atoms with Crippen LogP contribution in [0.1, 0.15) is 56.5 Å². The van der Waals surface area contributed by atoms with E-state index in [2.05, 4.69) is 25.5 Å². The number of fused-ring (bicyclic) bond motifs is 1. The Labute approximate surface area is 258 Å². The van der Waals surface area contributed by atoms with Crippen LogP contribution < -0.4 is 15.4 Å². The highest BCUT2D eigenvalue weighted by molar-refractivity contribution is 7.92. The van der Waals surface area contributed by atoms with Crippen LogP contribution in [-0.2, 0) is 16.4 Å². The second-order valence-corrected chi connectivity index (χ2v) is 14.2. The molecule has 0 bridgehead atoms. The molecule has 2 aromatic carbocycles. The zero-order valence-electron chi connectivity index (χ0n) is 24.8. The molecule has 2 N–H and O–H groups in total. The molecule has 12 heteroatoms. The maximum absolute atomic E-state index is 13.6. The van der Waals surface area contributed by atoms with Gasteiger partial charge in [-0.1, -0.05) is 23.7 Å². The molecule has 1 fully saturated rings. The number of halogens is 1. The van der Waals surface area contributed by atoms with Crippen molar-refractivity contribution in [3.63, 3.8) is 0 Å². The Morgan fingerprint density at radius 3 is 2.49 bits per heavy atom. The first kappa shape index (κ1) is 31.0. The van der Waals surface area contributed by atoms with Gasteiger partial charge in [-0.15, -0.1) is 0 Å². The average Bonchev–Trinajstić information content (AvgIpc) is 3.29. The van der Waals surface area contributed by atoms with Crippen molar-refractivity contribution in [3.8, 4) is 5.75 Å². The fourth-order valence-electron chi connectivity index (χ4n) is 5.35. The summed E-state index contributed by atoms with van der Waals surface area (Å²) >= 11 is 6.43. The van der Waals surface area contributed by atoms with Gasteiger partial charge in [0.15, 0.2) is 15.7 Å². The third kappa shape index (κ3) is 6.58. The van der Waals surface area contributed by atoms with Crippen LogP contribution >= 0.6 is 11.6 Å². The number of para-hydroxylation sites is 1. The van der Waals surface area contributed by atoms with Crippen molar-refractivity contribution in [3.05, 3.63) is 65.7 Å². The van der Waals surface area contributed by atoms with Gasteiger partial charge in [-0.25, -0.2) is 13.4 Å². The van der Waals surface area contributed by atoms with E-state index in [4.69, 9.17) is 23.3 Å². The van der Waals surface area contributed by atoms with Crippen molar-refractivity contribution in [2.75, 3.05) is 30.3 Å². The number of hydrogen-bond acceptors (Lipinski definition) is 9. The van der Waals surface area contributed by atoms with E-state index in [9.17, 15) is 13.2 Å². The first-order valence-electron chi connectivity index (χ1n) is 14.4. The van der Waals surface area contributed by atoms with Crippen molar-refractivity contribution in [2.24, 2.45) is 0 Å². The number of likely N-dealkylation sites (tertiary alicyclic amines) is 1. The molecule has 3 heterocycles. The number of ether oxygens (including phenoxy) is 1. The lowest BCUT2D eigenvalue weighted by Gasteiger charge is -2.36. The summed E-state index contributed by atoms with van der Waals surface area (Å²) in [4.78, 5) is 26.7. The van der Waals surface area contributed by atoms with Crippen molar-refractivity contribution < 1.29 is 17.9 Å². The summed E-state index contributed by atoms with van der Waals surface area (Å²) in [7, 11) is -3.57. The number of rotatable bonds is 10. The standard InChI is InChI=1S/C31H37ClN6O4S/c1-6-37-13-11-22(12-14-37)38-18-21-15-27(42-19(2)3)26(16-23(21)30(38)39)35-31-33-17-24(32)29(36-31)34-25-9-7-8-10-28(25)43(40,41)20(4)5/h1,7-10,15-17,19-20,22H,6,11-14,18H2,2-5H3,(H2,33,34,35,36). The predicted octanol–water partition coefficient (Wildman–Crippen LogP) is 5.72. The number of nitrogens with zero attached hydrogens (tertiary/aromatic N) is 4. The topological polar surface area (TPSA) is 117 Å². The minimum Gasteiger partial charge on any atom is -0.489 e. The number of sulfone groups is 1. The molecule has 0 aliphatic carbocycles. The predicted molar refractivity (Wildman–Crippen MR) is 168 cm³/mol. The first-order valence-corrected chi connectivity index (χ1v) is 16.4. The molecular formula is C31H37ClN6O4S. The van der Waals surface area contributed by atoms with Crippen LogP contribution in [0.4, 0.5) is 23.1 Å². The highest BCUT2D eigenvalue weighted by Crippen LogP contribution is 2.38. The van der Waals surface area contributed by atoms with Crippen LogP contribution in [-0.4, -0.2) is 71.1 Å². The van der Waals surface area contributed by atoms with E-state index in [1.54, 1.807) is 44.2 Å². The zero-order chi connectivity index (χ0) is 30.9. The molecule has 1 aromatic heterocycles. The van der Waals surface area contributed by atoms with Crippen molar-refractivity contribution in [1.29, 1.82) is 0 Å². The fourth-order valence-corrected chi connectivity index (χ4v) is 6.69. The summed E-state index contributed by atoms with van der Waals surface area (Å²) in [5.74, 6) is 0.982.